The van der Waals surface area contributed by atoms with E-state index in [1.165, 1.54) is 7.11 Å². The third-order valence-corrected chi connectivity index (χ3v) is 1.61. The topological polar surface area (TPSA) is 60.4 Å². The Labute approximate surface area is 69.2 Å². The number of carbonyl (C=O) groups is 3. The molecule has 0 amide bonds. The molecular formula is C8H8O4. The molecule has 0 atom stereocenters. The predicted molar refractivity (Wildman–Crippen MR) is 39.3 cm³/mol. The van der Waals surface area contributed by atoms with Crippen LogP contribution in [-0.4, -0.2) is 24.6 Å². The van der Waals surface area contributed by atoms with Crippen molar-refractivity contribution in [1.29, 1.82) is 0 Å². The second-order valence-corrected chi connectivity index (χ2v) is 2.44. The van der Waals surface area contributed by atoms with Crippen LogP contribution in [0.1, 0.15) is 12.8 Å². The average molecular weight is 168 g/mol. The van der Waals surface area contributed by atoms with E-state index in [9.17, 15) is 14.4 Å². The Hall–Kier alpha value is -1.45. The average Bonchev–Trinajstić information content (AvgIpc) is 2.08. The summed E-state index contributed by atoms with van der Waals surface area (Å²) < 4.78 is 4.33. The van der Waals surface area contributed by atoms with Crippen LogP contribution in [0.2, 0.25) is 0 Å². The smallest absolute Gasteiger partial charge is 0.341 e. The Bertz CT molecular complexity index is 275. The van der Waals surface area contributed by atoms with E-state index in [0.29, 0.717) is 0 Å². The van der Waals surface area contributed by atoms with Gasteiger partial charge < -0.3 is 4.74 Å². The van der Waals surface area contributed by atoms with Crippen molar-refractivity contribution in [1.82, 2.24) is 0 Å². The van der Waals surface area contributed by atoms with Crippen LogP contribution in [0.15, 0.2) is 11.6 Å². The molecule has 0 aromatic rings. The molecule has 0 spiro atoms. The number of Topliss-reactive ketones (excluding diaryl/α,β-unsaturated/α-hetero) is 1. The van der Waals surface area contributed by atoms with E-state index in [0.717, 1.165) is 6.08 Å². The number of ether oxygens (including phenoxy) is 1. The molecule has 12 heavy (non-hydrogen) atoms. The molecule has 1 aliphatic rings. The largest absolute Gasteiger partial charge is 0.465 e. The first kappa shape index (κ1) is 8.64. The second-order valence-electron chi connectivity index (χ2n) is 2.44. The molecule has 0 aliphatic heterocycles. The zero-order chi connectivity index (χ0) is 9.14. The van der Waals surface area contributed by atoms with Crippen molar-refractivity contribution >= 4 is 17.5 Å². The van der Waals surface area contributed by atoms with E-state index in [-0.39, 0.29) is 30.0 Å². The van der Waals surface area contributed by atoms with Gasteiger partial charge in [0.1, 0.15) is 5.57 Å². The summed E-state index contributed by atoms with van der Waals surface area (Å²) in [5, 5.41) is 0. The lowest BCUT2D eigenvalue weighted by atomic mass is 9.97. The molecule has 0 aromatic carbocycles. The van der Waals surface area contributed by atoms with Crippen LogP contribution < -0.4 is 0 Å². The van der Waals surface area contributed by atoms with Crippen molar-refractivity contribution in [3.63, 3.8) is 0 Å². The van der Waals surface area contributed by atoms with Crippen molar-refractivity contribution in [2.75, 3.05) is 7.11 Å². The van der Waals surface area contributed by atoms with Gasteiger partial charge in [0.25, 0.3) is 0 Å². The van der Waals surface area contributed by atoms with E-state index < -0.39 is 5.97 Å². The van der Waals surface area contributed by atoms with Crippen LogP contribution in [-0.2, 0) is 19.1 Å². The molecule has 0 radical (unpaired) electrons. The van der Waals surface area contributed by atoms with Gasteiger partial charge in [-0.3, -0.25) is 9.59 Å². The molecule has 0 heterocycles. The van der Waals surface area contributed by atoms with Gasteiger partial charge in [0.05, 0.1) is 7.11 Å². The zero-order valence-electron chi connectivity index (χ0n) is 6.62. The van der Waals surface area contributed by atoms with E-state index in [4.69, 9.17) is 0 Å². The Balaban J connectivity index is 2.92. The van der Waals surface area contributed by atoms with Gasteiger partial charge in [-0.2, -0.15) is 0 Å². The standard InChI is InChI=1S/C8H8O4/c1-12-8(11)6-4-5(9)2-3-7(6)10/h4H,2-3H2,1H3. The number of rotatable bonds is 1. The van der Waals surface area contributed by atoms with E-state index >= 15 is 0 Å². The maximum atomic E-state index is 11.0. The second kappa shape index (κ2) is 3.30. The van der Waals surface area contributed by atoms with Gasteiger partial charge >= 0.3 is 5.97 Å². The Morgan fingerprint density at radius 2 is 2.08 bits per heavy atom. The summed E-state index contributed by atoms with van der Waals surface area (Å²) in [6.45, 7) is 0. The van der Waals surface area contributed by atoms with Crippen molar-refractivity contribution < 1.29 is 19.1 Å². The highest BCUT2D eigenvalue weighted by atomic mass is 16.5. The van der Waals surface area contributed by atoms with Gasteiger partial charge in [0.2, 0.25) is 0 Å². The highest BCUT2D eigenvalue weighted by Gasteiger charge is 2.24. The SMILES string of the molecule is COC(=O)C1=CC(=O)CCC1=O. The summed E-state index contributed by atoms with van der Waals surface area (Å²) >= 11 is 0. The summed E-state index contributed by atoms with van der Waals surface area (Å²) in [6.07, 6.45) is 1.36. The molecule has 4 nitrogen and oxygen atoms in total. The number of ketones is 2. The Morgan fingerprint density at radius 1 is 1.42 bits per heavy atom. The van der Waals surface area contributed by atoms with Crippen LogP contribution >= 0.6 is 0 Å². The lowest BCUT2D eigenvalue weighted by Gasteiger charge is -2.07. The summed E-state index contributed by atoms with van der Waals surface area (Å²) in [7, 11) is 1.18. The molecule has 64 valence electrons. The van der Waals surface area contributed by atoms with Gasteiger partial charge in [-0.1, -0.05) is 0 Å². The fourth-order valence-corrected chi connectivity index (χ4v) is 0.968. The third kappa shape index (κ3) is 1.58. The van der Waals surface area contributed by atoms with Crippen molar-refractivity contribution in [3.05, 3.63) is 11.6 Å². The lowest BCUT2D eigenvalue weighted by molar-refractivity contribution is -0.138. The van der Waals surface area contributed by atoms with Crippen LogP contribution in [0.25, 0.3) is 0 Å². The van der Waals surface area contributed by atoms with E-state index in [1.54, 1.807) is 0 Å². The number of hydrogen-bond acceptors (Lipinski definition) is 4. The molecular weight excluding hydrogens is 160 g/mol. The first-order valence-corrected chi connectivity index (χ1v) is 3.51. The van der Waals surface area contributed by atoms with E-state index in [1.807, 2.05) is 0 Å². The lowest BCUT2D eigenvalue weighted by Crippen LogP contribution is -2.20. The molecule has 0 fully saturated rings. The quantitative estimate of drug-likeness (QED) is 0.409. The minimum absolute atomic E-state index is 0.111. The number of hydrogen-bond donors (Lipinski definition) is 0. The minimum Gasteiger partial charge on any atom is -0.465 e. The van der Waals surface area contributed by atoms with Crippen molar-refractivity contribution in [3.8, 4) is 0 Å². The van der Waals surface area contributed by atoms with Gasteiger partial charge in [-0.05, 0) is 6.08 Å². The normalized spacial score (nSPS) is 17.2. The predicted octanol–water partition coefficient (Wildman–Crippen LogP) is 0.0178. The van der Waals surface area contributed by atoms with Crippen molar-refractivity contribution in [2.45, 2.75) is 12.8 Å². The highest BCUT2D eigenvalue weighted by molar-refractivity contribution is 6.23. The summed E-state index contributed by atoms with van der Waals surface area (Å²) in [5.74, 6) is -1.25. The maximum Gasteiger partial charge on any atom is 0.341 e. The first-order chi connectivity index (χ1) is 5.65. The monoisotopic (exact) mass is 168 g/mol. The Kier molecular flexibility index (Phi) is 2.38. The van der Waals surface area contributed by atoms with Crippen LogP contribution in [0.3, 0.4) is 0 Å². The number of carbonyl (C=O) groups excluding carboxylic acids is 3. The highest BCUT2D eigenvalue weighted by Crippen LogP contribution is 2.12. The van der Waals surface area contributed by atoms with Gasteiger partial charge in [0.15, 0.2) is 11.6 Å². The molecule has 1 aliphatic carbocycles. The summed E-state index contributed by atoms with van der Waals surface area (Å²) in [6, 6.07) is 0. The van der Waals surface area contributed by atoms with Crippen LogP contribution in [0, 0.1) is 0 Å². The van der Waals surface area contributed by atoms with Crippen LogP contribution in [0.5, 0.6) is 0 Å². The van der Waals surface area contributed by atoms with Crippen LogP contribution in [0.4, 0.5) is 0 Å². The van der Waals surface area contributed by atoms with Gasteiger partial charge in [-0.25, -0.2) is 4.79 Å². The molecule has 0 saturated carbocycles. The molecule has 0 bridgehead atoms. The number of methoxy groups -OCH3 is 1. The summed E-state index contributed by atoms with van der Waals surface area (Å²) in [5.41, 5.74) is -0.131. The molecule has 0 N–H and O–H groups in total. The zero-order valence-corrected chi connectivity index (χ0v) is 6.62. The maximum absolute atomic E-state index is 11.0. The van der Waals surface area contributed by atoms with Crippen molar-refractivity contribution in [2.24, 2.45) is 0 Å². The number of allylic oxidation sites excluding steroid dienone is 1. The molecule has 1 rings (SSSR count). The Morgan fingerprint density at radius 3 is 2.67 bits per heavy atom. The van der Waals surface area contributed by atoms with Gasteiger partial charge in [-0.15, -0.1) is 0 Å². The van der Waals surface area contributed by atoms with Gasteiger partial charge in [0, 0.05) is 12.8 Å². The molecule has 0 saturated heterocycles. The first-order valence-electron chi connectivity index (χ1n) is 3.51. The number of esters is 1. The molecule has 0 aromatic heterocycles. The third-order valence-electron chi connectivity index (χ3n) is 1.61. The van der Waals surface area contributed by atoms with E-state index in [2.05, 4.69) is 4.74 Å². The molecule has 0 unspecified atom stereocenters. The fraction of sp³-hybridized carbons (Fsp3) is 0.375. The molecule has 4 heteroatoms. The fourth-order valence-electron chi connectivity index (χ4n) is 0.968. The summed E-state index contributed by atoms with van der Waals surface area (Å²) in [4.78, 5) is 32.7. The minimum atomic E-state index is -0.729.